The topological polar surface area (TPSA) is 20.2 Å². The second-order valence-corrected chi connectivity index (χ2v) is 4.99. The summed E-state index contributed by atoms with van der Waals surface area (Å²) >= 11 is 0. The lowest BCUT2D eigenvalue weighted by Crippen LogP contribution is -1.91. The molecule has 0 aromatic carbocycles. The molecule has 0 amide bonds. The molecule has 0 aliphatic carbocycles. The zero-order chi connectivity index (χ0) is 17.0. The summed E-state index contributed by atoms with van der Waals surface area (Å²) in [7, 11) is 1.00. The predicted molar refractivity (Wildman–Crippen MR) is 97.3 cm³/mol. The van der Waals surface area contributed by atoms with E-state index in [1.54, 1.807) is 0 Å². The van der Waals surface area contributed by atoms with Gasteiger partial charge in [-0.25, -0.2) is 0 Å². The van der Waals surface area contributed by atoms with Crippen molar-refractivity contribution in [2.45, 2.75) is 33.6 Å². The van der Waals surface area contributed by atoms with Crippen LogP contribution in [0.15, 0.2) is 84.6 Å². The van der Waals surface area contributed by atoms with E-state index in [9.17, 15) is 0 Å². The molecule has 0 rings (SSSR count). The van der Waals surface area contributed by atoms with Crippen molar-refractivity contribution in [3.05, 3.63) is 84.6 Å². The first-order valence-corrected chi connectivity index (χ1v) is 6.97. The molecule has 0 spiro atoms. The maximum Gasteiger partial charge on any atom is 0.0319 e. The lowest BCUT2D eigenvalue weighted by atomic mass is 9.95. The number of aliphatic hydroxyl groups is 1. The molecule has 0 atom stereocenters. The third-order valence-corrected chi connectivity index (χ3v) is 2.70. The molecule has 0 aliphatic heterocycles. The van der Waals surface area contributed by atoms with E-state index >= 15 is 0 Å². The van der Waals surface area contributed by atoms with Gasteiger partial charge < -0.3 is 5.11 Å². The molecular formula is C20H30O. The molecule has 0 heterocycles. The van der Waals surface area contributed by atoms with Crippen molar-refractivity contribution < 1.29 is 5.11 Å². The molecule has 0 saturated heterocycles. The standard InChI is InChI=1S/C19H26.CH4O/c1-9-16(6)19(12-15(4)5)13-18(8)17(7)11-10-14(2)3;1-2/h10-11,13H,2,4,6-9,12H2,1,3,5H3;2H,1H3/b11-10-,19-13-;. The first-order chi connectivity index (χ1) is 9.77. The van der Waals surface area contributed by atoms with Gasteiger partial charge in [-0.05, 0) is 43.4 Å². The average Bonchev–Trinajstić information content (AvgIpc) is 2.44. The fourth-order valence-corrected chi connectivity index (χ4v) is 1.48. The number of hydrogen-bond donors (Lipinski definition) is 1. The van der Waals surface area contributed by atoms with Crippen molar-refractivity contribution in [1.82, 2.24) is 0 Å². The van der Waals surface area contributed by atoms with Crippen LogP contribution in [0.3, 0.4) is 0 Å². The Bertz CT molecular complexity index is 470. The van der Waals surface area contributed by atoms with Crippen molar-refractivity contribution in [1.29, 1.82) is 0 Å². The Morgan fingerprint density at radius 1 is 0.905 bits per heavy atom. The molecule has 21 heavy (non-hydrogen) atoms. The Morgan fingerprint density at radius 2 is 1.43 bits per heavy atom. The van der Waals surface area contributed by atoms with Gasteiger partial charge in [0.15, 0.2) is 0 Å². The van der Waals surface area contributed by atoms with E-state index in [-0.39, 0.29) is 0 Å². The third kappa shape index (κ3) is 10.6. The summed E-state index contributed by atoms with van der Waals surface area (Å²) in [5.74, 6) is 0. The van der Waals surface area contributed by atoms with Crippen LogP contribution in [0.2, 0.25) is 0 Å². The molecule has 116 valence electrons. The molecule has 0 saturated carbocycles. The summed E-state index contributed by atoms with van der Waals surface area (Å²) in [6, 6.07) is 0. The molecule has 0 radical (unpaired) electrons. The summed E-state index contributed by atoms with van der Waals surface area (Å²) in [5, 5.41) is 7.00. The monoisotopic (exact) mass is 286 g/mol. The van der Waals surface area contributed by atoms with Crippen LogP contribution in [0.1, 0.15) is 33.6 Å². The average molecular weight is 286 g/mol. The van der Waals surface area contributed by atoms with Crippen LogP contribution in [-0.4, -0.2) is 12.2 Å². The Hall–Kier alpha value is -1.86. The highest BCUT2D eigenvalue weighted by molar-refractivity contribution is 5.48. The maximum absolute atomic E-state index is 7.00. The van der Waals surface area contributed by atoms with Gasteiger partial charge in [0.05, 0.1) is 0 Å². The highest BCUT2D eigenvalue weighted by Crippen LogP contribution is 2.23. The van der Waals surface area contributed by atoms with Crippen molar-refractivity contribution in [3.8, 4) is 0 Å². The fraction of sp³-hybridized carbons (Fsp3) is 0.300. The predicted octanol–water partition coefficient (Wildman–Crippen LogP) is 5.70. The molecule has 0 bridgehead atoms. The van der Waals surface area contributed by atoms with E-state index < -0.39 is 0 Å². The quantitative estimate of drug-likeness (QED) is 0.448. The third-order valence-electron chi connectivity index (χ3n) is 2.70. The van der Waals surface area contributed by atoms with E-state index in [0.717, 1.165) is 47.8 Å². The second kappa shape index (κ2) is 11.9. The smallest absolute Gasteiger partial charge is 0.0319 e. The van der Waals surface area contributed by atoms with Gasteiger partial charge >= 0.3 is 0 Å². The lowest BCUT2D eigenvalue weighted by molar-refractivity contribution is 0.399. The van der Waals surface area contributed by atoms with E-state index in [0.29, 0.717) is 0 Å². The van der Waals surface area contributed by atoms with Crippen LogP contribution in [0.4, 0.5) is 0 Å². The molecule has 1 nitrogen and oxygen atoms in total. The summed E-state index contributed by atoms with van der Waals surface area (Å²) in [6.07, 6.45) is 7.71. The van der Waals surface area contributed by atoms with Crippen molar-refractivity contribution >= 4 is 0 Å². The first-order valence-electron chi connectivity index (χ1n) is 6.97. The molecule has 1 N–H and O–H groups in total. The highest BCUT2D eigenvalue weighted by atomic mass is 16.2. The van der Waals surface area contributed by atoms with E-state index in [1.807, 2.05) is 26.0 Å². The number of allylic oxidation sites excluding steroid dienone is 9. The van der Waals surface area contributed by atoms with Crippen LogP contribution in [-0.2, 0) is 0 Å². The minimum atomic E-state index is 0.836. The van der Waals surface area contributed by atoms with Gasteiger partial charge in [-0.3, -0.25) is 0 Å². The van der Waals surface area contributed by atoms with Gasteiger partial charge in [0.25, 0.3) is 0 Å². The van der Waals surface area contributed by atoms with Crippen molar-refractivity contribution in [3.63, 3.8) is 0 Å². The normalized spacial score (nSPS) is 10.6. The second-order valence-electron chi connectivity index (χ2n) is 4.99. The Balaban J connectivity index is 0. The van der Waals surface area contributed by atoms with Crippen LogP contribution in [0, 0.1) is 0 Å². The van der Waals surface area contributed by atoms with Crippen LogP contribution in [0.5, 0.6) is 0 Å². The van der Waals surface area contributed by atoms with Crippen LogP contribution < -0.4 is 0 Å². The van der Waals surface area contributed by atoms with Gasteiger partial charge in [0.2, 0.25) is 0 Å². The van der Waals surface area contributed by atoms with Crippen molar-refractivity contribution in [2.75, 3.05) is 7.11 Å². The zero-order valence-corrected chi connectivity index (χ0v) is 14.1. The highest BCUT2D eigenvalue weighted by Gasteiger charge is 2.03. The lowest BCUT2D eigenvalue weighted by Gasteiger charge is -2.11. The first kappa shape index (κ1) is 21.4. The Morgan fingerprint density at radius 3 is 1.81 bits per heavy atom. The van der Waals surface area contributed by atoms with E-state index in [1.165, 1.54) is 5.57 Å². The molecule has 1 heteroatoms. The minimum Gasteiger partial charge on any atom is -0.400 e. The van der Waals surface area contributed by atoms with E-state index in [4.69, 9.17) is 5.11 Å². The van der Waals surface area contributed by atoms with Gasteiger partial charge in [-0.2, -0.15) is 0 Å². The maximum atomic E-state index is 7.00. The van der Waals surface area contributed by atoms with Crippen LogP contribution in [0.25, 0.3) is 0 Å². The molecular weight excluding hydrogens is 256 g/mol. The molecule has 0 unspecified atom stereocenters. The summed E-state index contributed by atoms with van der Waals surface area (Å²) in [4.78, 5) is 0. The largest absolute Gasteiger partial charge is 0.400 e. The van der Waals surface area contributed by atoms with Gasteiger partial charge in [-0.1, -0.05) is 74.8 Å². The molecule has 0 aromatic heterocycles. The van der Waals surface area contributed by atoms with Gasteiger partial charge in [0, 0.05) is 7.11 Å². The SMILES string of the molecule is C=C(C)/C=C\C(=C)C(=C)/C=C(/CC(=C)C)C(=C)CC.CO. The summed E-state index contributed by atoms with van der Waals surface area (Å²) in [5.41, 5.74) is 6.23. The van der Waals surface area contributed by atoms with Gasteiger partial charge in [-0.15, -0.1) is 0 Å². The number of rotatable bonds is 8. The summed E-state index contributed by atoms with van der Waals surface area (Å²) < 4.78 is 0. The minimum absolute atomic E-state index is 0.836. The van der Waals surface area contributed by atoms with Crippen LogP contribution >= 0.6 is 0 Å². The van der Waals surface area contributed by atoms with E-state index in [2.05, 4.69) is 45.9 Å². The Labute approximate surface area is 131 Å². The number of aliphatic hydroxyl groups excluding tert-OH is 1. The molecule has 0 fully saturated rings. The number of hydrogen-bond acceptors (Lipinski definition) is 1. The summed E-state index contributed by atoms with van der Waals surface area (Å²) in [6.45, 7) is 26.1. The fourth-order valence-electron chi connectivity index (χ4n) is 1.48. The zero-order valence-electron chi connectivity index (χ0n) is 14.1. The molecule has 0 aromatic rings. The van der Waals surface area contributed by atoms with Gasteiger partial charge in [0.1, 0.15) is 0 Å². The molecule has 0 aliphatic rings. The van der Waals surface area contributed by atoms with Crippen molar-refractivity contribution in [2.24, 2.45) is 0 Å². The Kier molecular flexibility index (Phi) is 12.2.